The highest BCUT2D eigenvalue weighted by atomic mass is 16.4. The maximum Gasteiger partial charge on any atom is 0.322 e. The van der Waals surface area contributed by atoms with Crippen molar-refractivity contribution in [3.05, 3.63) is 12.7 Å². The summed E-state index contributed by atoms with van der Waals surface area (Å²) in [5.74, 6) is -2.93. The predicted octanol–water partition coefficient (Wildman–Crippen LogP) is 0.186. The van der Waals surface area contributed by atoms with Crippen LogP contribution in [0.15, 0.2) is 12.7 Å². The summed E-state index contributed by atoms with van der Waals surface area (Å²) >= 11 is 0. The van der Waals surface area contributed by atoms with Gasteiger partial charge in [0.2, 0.25) is 17.7 Å². The average Bonchev–Trinajstić information content (AvgIpc) is 2.57. The van der Waals surface area contributed by atoms with Crippen LogP contribution in [0.25, 0.3) is 0 Å². The Labute approximate surface area is 166 Å². The monoisotopic (exact) mass is 399 g/mol. The van der Waals surface area contributed by atoms with Crippen molar-refractivity contribution in [2.24, 2.45) is 11.8 Å². The van der Waals surface area contributed by atoms with Crippen LogP contribution in [-0.2, 0) is 19.2 Å². The lowest BCUT2D eigenvalue weighted by Gasteiger charge is -2.25. The number of hydrogen-bond acceptors (Lipinski definition) is 5. The SMILES string of the molecule is C=CCC(O)C(=O)N[C@@H](CC(C)C)C(=O)N[C@@H](CC(C)C)C(=O)NCC(=O)O. The van der Waals surface area contributed by atoms with E-state index in [2.05, 4.69) is 22.5 Å². The van der Waals surface area contributed by atoms with Crippen LogP contribution in [-0.4, -0.2) is 58.6 Å². The fraction of sp³-hybridized carbons (Fsp3) is 0.684. The largest absolute Gasteiger partial charge is 0.480 e. The summed E-state index contributed by atoms with van der Waals surface area (Å²) in [7, 11) is 0. The first-order valence-corrected chi connectivity index (χ1v) is 9.37. The van der Waals surface area contributed by atoms with Crippen molar-refractivity contribution in [2.45, 2.75) is 65.1 Å². The summed E-state index contributed by atoms with van der Waals surface area (Å²) in [5, 5.41) is 25.8. The van der Waals surface area contributed by atoms with Crippen LogP contribution in [0.2, 0.25) is 0 Å². The minimum Gasteiger partial charge on any atom is -0.480 e. The van der Waals surface area contributed by atoms with E-state index in [4.69, 9.17) is 5.11 Å². The summed E-state index contributed by atoms with van der Waals surface area (Å²) in [6, 6.07) is -1.87. The molecule has 0 aliphatic heterocycles. The Hall–Kier alpha value is -2.42. The van der Waals surface area contributed by atoms with Gasteiger partial charge in [-0.2, -0.15) is 0 Å². The highest BCUT2D eigenvalue weighted by Gasteiger charge is 2.29. The Morgan fingerprint density at radius 1 is 0.893 bits per heavy atom. The third kappa shape index (κ3) is 10.7. The van der Waals surface area contributed by atoms with E-state index < -0.39 is 48.4 Å². The van der Waals surface area contributed by atoms with Gasteiger partial charge in [-0.25, -0.2) is 0 Å². The van der Waals surface area contributed by atoms with Crippen LogP contribution in [0, 0.1) is 11.8 Å². The van der Waals surface area contributed by atoms with Crippen molar-refractivity contribution in [2.75, 3.05) is 6.54 Å². The molecule has 9 nitrogen and oxygen atoms in total. The lowest BCUT2D eigenvalue weighted by Crippen LogP contribution is -2.55. The number of rotatable bonds is 13. The summed E-state index contributed by atoms with van der Waals surface area (Å²) < 4.78 is 0. The number of carbonyl (C=O) groups is 4. The molecule has 0 bridgehead atoms. The molecule has 0 saturated carbocycles. The second-order valence-corrected chi connectivity index (χ2v) is 7.53. The highest BCUT2D eigenvalue weighted by molar-refractivity contribution is 5.93. The molecule has 0 spiro atoms. The molecule has 28 heavy (non-hydrogen) atoms. The zero-order valence-corrected chi connectivity index (χ0v) is 17.0. The fourth-order valence-electron chi connectivity index (χ4n) is 2.50. The first-order chi connectivity index (χ1) is 13.0. The Morgan fingerprint density at radius 3 is 1.79 bits per heavy atom. The molecule has 0 aromatic carbocycles. The molecule has 9 heteroatoms. The number of nitrogens with one attached hydrogen (secondary N) is 3. The average molecular weight is 399 g/mol. The van der Waals surface area contributed by atoms with Crippen LogP contribution < -0.4 is 16.0 Å². The molecule has 0 rings (SSSR count). The van der Waals surface area contributed by atoms with Crippen LogP contribution in [0.5, 0.6) is 0 Å². The van der Waals surface area contributed by atoms with Crippen LogP contribution in [0.1, 0.15) is 47.0 Å². The van der Waals surface area contributed by atoms with Crippen molar-refractivity contribution in [3.63, 3.8) is 0 Å². The number of amides is 3. The number of carboxylic acid groups (broad SMARTS) is 1. The molecule has 3 atom stereocenters. The van der Waals surface area contributed by atoms with E-state index in [1.54, 1.807) is 0 Å². The normalized spacial score (nSPS) is 14.1. The van der Waals surface area contributed by atoms with Gasteiger partial charge in [0, 0.05) is 6.42 Å². The van der Waals surface area contributed by atoms with Crippen molar-refractivity contribution >= 4 is 23.7 Å². The molecule has 0 fully saturated rings. The molecule has 0 radical (unpaired) electrons. The Balaban J connectivity index is 5.22. The molecule has 0 aromatic rings. The summed E-state index contributed by atoms with van der Waals surface area (Å²) in [5.41, 5.74) is 0. The van der Waals surface area contributed by atoms with E-state index in [0.717, 1.165) is 0 Å². The van der Waals surface area contributed by atoms with Crippen LogP contribution >= 0.6 is 0 Å². The zero-order chi connectivity index (χ0) is 21.9. The van der Waals surface area contributed by atoms with Crippen molar-refractivity contribution in [3.8, 4) is 0 Å². The third-order valence-corrected chi connectivity index (χ3v) is 3.79. The smallest absolute Gasteiger partial charge is 0.322 e. The van der Waals surface area contributed by atoms with Gasteiger partial charge in [-0.1, -0.05) is 33.8 Å². The summed E-state index contributed by atoms with van der Waals surface area (Å²) in [6.07, 6.45) is 0.746. The number of aliphatic hydroxyl groups is 1. The van der Waals surface area contributed by atoms with Gasteiger partial charge >= 0.3 is 5.97 Å². The van der Waals surface area contributed by atoms with E-state index in [1.807, 2.05) is 27.7 Å². The molecule has 1 unspecified atom stereocenters. The van der Waals surface area contributed by atoms with Crippen molar-refractivity contribution in [1.29, 1.82) is 0 Å². The quantitative estimate of drug-likeness (QED) is 0.280. The lowest BCUT2D eigenvalue weighted by molar-refractivity contribution is -0.139. The molecule has 0 aliphatic rings. The molecule has 3 amide bonds. The standard InChI is InChI=1S/C19H33N3O6/c1-6-7-15(23)19(28)22-14(9-12(4)5)18(27)21-13(8-11(2)3)17(26)20-10-16(24)25/h6,11-15,23H,1,7-10H2,2-5H3,(H,20,26)(H,21,27)(H,22,28)(H,24,25)/t13-,14-,15?/m0/s1. The summed E-state index contributed by atoms with van der Waals surface area (Å²) in [4.78, 5) is 47.7. The number of aliphatic carboxylic acids is 1. The predicted molar refractivity (Wildman–Crippen MR) is 104 cm³/mol. The van der Waals surface area contributed by atoms with E-state index in [0.29, 0.717) is 12.8 Å². The lowest BCUT2D eigenvalue weighted by atomic mass is 10.00. The third-order valence-electron chi connectivity index (χ3n) is 3.79. The molecule has 160 valence electrons. The van der Waals surface area contributed by atoms with E-state index in [-0.39, 0.29) is 18.3 Å². The second-order valence-electron chi connectivity index (χ2n) is 7.53. The van der Waals surface area contributed by atoms with Crippen molar-refractivity contribution < 1.29 is 29.4 Å². The van der Waals surface area contributed by atoms with Gasteiger partial charge in [0.25, 0.3) is 0 Å². The van der Waals surface area contributed by atoms with Gasteiger partial charge in [-0.3, -0.25) is 19.2 Å². The highest BCUT2D eigenvalue weighted by Crippen LogP contribution is 2.09. The number of carbonyl (C=O) groups excluding carboxylic acids is 3. The first-order valence-electron chi connectivity index (χ1n) is 9.37. The van der Waals surface area contributed by atoms with E-state index in [9.17, 15) is 24.3 Å². The molecular formula is C19H33N3O6. The molecule has 0 heterocycles. The van der Waals surface area contributed by atoms with Crippen LogP contribution in [0.3, 0.4) is 0 Å². The Bertz CT molecular complexity index is 562. The maximum atomic E-state index is 12.7. The number of carboxylic acids is 1. The minimum atomic E-state index is -1.31. The van der Waals surface area contributed by atoms with Gasteiger partial charge in [0.15, 0.2) is 0 Å². The van der Waals surface area contributed by atoms with Gasteiger partial charge in [-0.05, 0) is 24.7 Å². The number of aliphatic hydroxyl groups excluding tert-OH is 1. The van der Waals surface area contributed by atoms with Crippen molar-refractivity contribution in [1.82, 2.24) is 16.0 Å². The Kier molecular flexibility index (Phi) is 11.8. The van der Waals surface area contributed by atoms with E-state index in [1.165, 1.54) is 6.08 Å². The molecule has 0 aliphatic carbocycles. The van der Waals surface area contributed by atoms with Gasteiger partial charge < -0.3 is 26.2 Å². The molecule has 0 saturated heterocycles. The first kappa shape index (κ1) is 25.6. The maximum absolute atomic E-state index is 12.7. The van der Waals surface area contributed by atoms with Crippen LogP contribution in [0.4, 0.5) is 0 Å². The van der Waals surface area contributed by atoms with Gasteiger partial charge in [-0.15, -0.1) is 6.58 Å². The Morgan fingerprint density at radius 2 is 1.36 bits per heavy atom. The molecule has 0 aromatic heterocycles. The fourth-order valence-corrected chi connectivity index (χ4v) is 2.50. The van der Waals surface area contributed by atoms with E-state index >= 15 is 0 Å². The van der Waals surface area contributed by atoms with Gasteiger partial charge in [0.05, 0.1) is 0 Å². The molecule has 5 N–H and O–H groups in total. The summed E-state index contributed by atoms with van der Waals surface area (Å²) in [6.45, 7) is 10.4. The van der Waals surface area contributed by atoms with Gasteiger partial charge in [0.1, 0.15) is 24.7 Å². The minimum absolute atomic E-state index is 0.0510. The molecular weight excluding hydrogens is 366 g/mol. The second kappa shape index (κ2) is 12.9. The zero-order valence-electron chi connectivity index (χ0n) is 17.0. The topological polar surface area (TPSA) is 145 Å². The number of hydrogen-bond donors (Lipinski definition) is 5.